The Kier molecular flexibility index (Phi) is 4.71. The molecule has 0 bridgehead atoms. The predicted octanol–water partition coefficient (Wildman–Crippen LogP) is -2.58. The highest BCUT2D eigenvalue weighted by Gasteiger charge is 2.26. The number of nitrogens with zero attached hydrogens (tertiary/aromatic N) is 2. The van der Waals surface area contributed by atoms with Gasteiger partial charge in [0.2, 0.25) is 0 Å². The van der Waals surface area contributed by atoms with Crippen LogP contribution in [0.1, 0.15) is 5.56 Å². The predicted molar refractivity (Wildman–Crippen MR) is 75.6 cm³/mol. The quantitative estimate of drug-likeness (QED) is 0.407. The molecule has 0 saturated carbocycles. The van der Waals surface area contributed by atoms with Gasteiger partial charge in [0.05, 0.1) is 18.7 Å². The molecule has 3 atom stereocenters. The summed E-state index contributed by atoms with van der Waals surface area (Å²) in [7, 11) is 0. The van der Waals surface area contributed by atoms with Crippen molar-refractivity contribution in [3.63, 3.8) is 0 Å². The van der Waals surface area contributed by atoms with E-state index in [4.69, 9.17) is 5.11 Å². The molecular formula is C13H17N3O6. The molecule has 0 radical (unpaired) electrons. The van der Waals surface area contributed by atoms with E-state index in [1.165, 1.54) is 10.8 Å². The molecule has 22 heavy (non-hydrogen) atoms. The number of aromatic nitrogens is 3. The van der Waals surface area contributed by atoms with E-state index in [-0.39, 0.29) is 17.9 Å². The molecule has 0 fully saturated rings. The highest BCUT2D eigenvalue weighted by molar-refractivity contribution is 5.59. The molecule has 0 unspecified atom stereocenters. The van der Waals surface area contributed by atoms with Crippen LogP contribution in [0.5, 0.6) is 0 Å². The van der Waals surface area contributed by atoms with Crippen molar-refractivity contribution in [1.82, 2.24) is 14.5 Å². The first-order chi connectivity index (χ1) is 10.3. The average Bonchev–Trinajstić information content (AvgIpc) is 2.47. The summed E-state index contributed by atoms with van der Waals surface area (Å²) < 4.78 is 1.33. The highest BCUT2D eigenvalue weighted by Crippen LogP contribution is 2.18. The third kappa shape index (κ3) is 3.07. The van der Waals surface area contributed by atoms with E-state index in [1.54, 1.807) is 13.0 Å². The number of rotatable bonds is 5. The van der Waals surface area contributed by atoms with Crippen molar-refractivity contribution >= 4 is 0 Å². The Bertz CT molecular complexity index is 740. The second-order valence-electron chi connectivity index (χ2n) is 5.03. The minimum atomic E-state index is -1.58. The van der Waals surface area contributed by atoms with Gasteiger partial charge in [0, 0.05) is 6.20 Å². The van der Waals surface area contributed by atoms with Gasteiger partial charge in [0.25, 0.3) is 5.56 Å². The van der Waals surface area contributed by atoms with Gasteiger partial charge in [-0.3, -0.25) is 9.78 Å². The van der Waals surface area contributed by atoms with E-state index in [0.29, 0.717) is 5.56 Å². The summed E-state index contributed by atoms with van der Waals surface area (Å²) in [5.74, 6) is 0.0680. The monoisotopic (exact) mass is 311 g/mol. The Morgan fingerprint density at radius 2 is 1.95 bits per heavy atom. The Morgan fingerprint density at radius 3 is 2.59 bits per heavy atom. The molecule has 9 heteroatoms. The second kappa shape index (κ2) is 6.36. The topological polar surface area (TPSA) is 149 Å². The number of hydrogen-bond donors (Lipinski definition) is 5. The maximum absolute atomic E-state index is 11.9. The summed E-state index contributed by atoms with van der Waals surface area (Å²) in [6, 6.07) is 1.60. The Morgan fingerprint density at radius 1 is 1.27 bits per heavy atom. The molecule has 2 aliphatic heterocycles. The average molecular weight is 311 g/mol. The first-order valence-corrected chi connectivity index (χ1v) is 6.60. The van der Waals surface area contributed by atoms with Crippen molar-refractivity contribution in [2.24, 2.45) is 0 Å². The number of fused-ring (bicyclic) bond motifs is 1. The van der Waals surface area contributed by atoms with Gasteiger partial charge in [-0.05, 0) is 18.6 Å². The molecule has 2 aliphatic rings. The van der Waals surface area contributed by atoms with E-state index in [9.17, 15) is 24.9 Å². The van der Waals surface area contributed by atoms with Gasteiger partial charge < -0.3 is 25.0 Å². The summed E-state index contributed by atoms with van der Waals surface area (Å²) in [5, 5.41) is 37.7. The normalized spacial score (nSPS) is 15.7. The lowest BCUT2D eigenvalue weighted by Gasteiger charge is -2.24. The maximum Gasteiger partial charge on any atom is 0.349 e. The van der Waals surface area contributed by atoms with Crippen molar-refractivity contribution in [2.75, 3.05) is 6.61 Å². The molecule has 0 aromatic carbocycles. The van der Waals surface area contributed by atoms with Gasteiger partial charge in [-0.1, -0.05) is 0 Å². The highest BCUT2D eigenvalue weighted by atomic mass is 16.4. The summed E-state index contributed by atoms with van der Waals surface area (Å²) >= 11 is 0. The number of pyridine rings is 1. The standard InChI is InChI=1S/C13H17N3O6/c1-6-2-3-16(4-7(18)10(20)8(19)5-17)11-9(6)12(21)15-13(22)14-11/h2-3,7-8,10,17-20H,4-5H2,1H3,(H,15,21,22)/t7-,8+,10-/m0/s1. The second-order valence-corrected chi connectivity index (χ2v) is 5.03. The van der Waals surface area contributed by atoms with Gasteiger partial charge in [-0.25, -0.2) is 4.79 Å². The van der Waals surface area contributed by atoms with E-state index in [2.05, 4.69) is 9.97 Å². The van der Waals surface area contributed by atoms with Crippen LogP contribution in [-0.2, 0) is 6.54 Å². The number of hydrogen-bond acceptors (Lipinski definition) is 7. The summed E-state index contributed by atoms with van der Waals surface area (Å²) in [5.41, 5.74) is -0.605. The number of H-pyrrole nitrogens is 1. The zero-order valence-electron chi connectivity index (χ0n) is 11.8. The summed E-state index contributed by atoms with van der Waals surface area (Å²) in [6.45, 7) is 0.750. The molecule has 0 aliphatic carbocycles. The summed E-state index contributed by atoms with van der Waals surface area (Å²) in [4.78, 5) is 29.0. The van der Waals surface area contributed by atoms with Gasteiger partial charge in [-0.15, -0.1) is 0 Å². The first-order valence-electron chi connectivity index (χ1n) is 6.60. The van der Waals surface area contributed by atoms with Crippen LogP contribution in [0.15, 0.2) is 21.9 Å². The van der Waals surface area contributed by atoms with E-state index < -0.39 is 36.2 Å². The van der Waals surface area contributed by atoms with Crippen molar-refractivity contribution in [3.8, 4) is 11.4 Å². The van der Waals surface area contributed by atoms with Gasteiger partial charge in [-0.2, -0.15) is 4.98 Å². The Hall–Kier alpha value is -2.07. The van der Waals surface area contributed by atoms with Crippen LogP contribution in [-0.4, -0.2) is 59.9 Å². The van der Waals surface area contributed by atoms with Crippen molar-refractivity contribution in [2.45, 2.75) is 31.8 Å². The zero-order chi connectivity index (χ0) is 16.4. The maximum atomic E-state index is 11.9. The number of aromatic amines is 1. The van der Waals surface area contributed by atoms with Crippen LogP contribution in [0.25, 0.3) is 11.4 Å². The van der Waals surface area contributed by atoms with E-state index >= 15 is 0 Å². The minimum Gasteiger partial charge on any atom is -0.394 e. The zero-order valence-corrected chi connectivity index (χ0v) is 11.8. The van der Waals surface area contributed by atoms with Gasteiger partial charge >= 0.3 is 5.69 Å². The molecule has 5 N–H and O–H groups in total. The van der Waals surface area contributed by atoms with Gasteiger partial charge in [0.15, 0.2) is 5.82 Å². The Labute approximate surface area is 124 Å². The van der Waals surface area contributed by atoms with E-state index in [1.807, 2.05) is 0 Å². The fourth-order valence-corrected chi connectivity index (χ4v) is 2.18. The lowest BCUT2D eigenvalue weighted by Crippen LogP contribution is -2.42. The molecule has 9 nitrogen and oxygen atoms in total. The lowest BCUT2D eigenvalue weighted by atomic mass is 10.1. The fraction of sp³-hybridized carbons (Fsp3) is 0.462. The molecule has 0 spiro atoms. The molecule has 0 aromatic rings. The van der Waals surface area contributed by atoms with Gasteiger partial charge in [0.1, 0.15) is 18.3 Å². The number of aliphatic hydroxyl groups excluding tert-OH is 4. The molecule has 120 valence electrons. The van der Waals surface area contributed by atoms with Crippen molar-refractivity contribution in [3.05, 3.63) is 38.7 Å². The van der Waals surface area contributed by atoms with Crippen LogP contribution in [0.4, 0.5) is 0 Å². The van der Waals surface area contributed by atoms with Crippen LogP contribution in [0.3, 0.4) is 0 Å². The SMILES string of the molecule is Cc1ccn(C[C@H](O)[C@H](O)[C@H](O)CO)c2nc(=O)[nH]c(=O)c1-2. The van der Waals surface area contributed by atoms with Crippen molar-refractivity contribution in [1.29, 1.82) is 0 Å². The third-order valence-corrected chi connectivity index (χ3v) is 3.41. The Balaban J connectivity index is 2.42. The largest absolute Gasteiger partial charge is 0.394 e. The summed E-state index contributed by atoms with van der Waals surface area (Å²) in [6.07, 6.45) is -3.00. The van der Waals surface area contributed by atoms with Crippen LogP contribution in [0.2, 0.25) is 0 Å². The lowest BCUT2D eigenvalue weighted by molar-refractivity contribution is -0.0805. The van der Waals surface area contributed by atoms with Crippen LogP contribution >= 0.6 is 0 Å². The van der Waals surface area contributed by atoms with Crippen molar-refractivity contribution < 1.29 is 20.4 Å². The number of nitrogens with one attached hydrogen (secondary N) is 1. The number of aryl methyl sites for hydroxylation is 1. The molecular weight excluding hydrogens is 294 g/mol. The van der Waals surface area contributed by atoms with Crippen LogP contribution in [0, 0.1) is 6.92 Å². The third-order valence-electron chi connectivity index (χ3n) is 3.41. The van der Waals surface area contributed by atoms with E-state index in [0.717, 1.165) is 0 Å². The minimum absolute atomic E-state index is 0.0680. The van der Waals surface area contributed by atoms with Crippen LogP contribution < -0.4 is 11.2 Å². The molecule has 0 amide bonds. The molecule has 0 aromatic heterocycles. The first kappa shape index (κ1) is 16.3. The smallest absolute Gasteiger partial charge is 0.349 e. The molecule has 2 rings (SSSR count). The molecule has 0 saturated heterocycles. The number of aliphatic hydroxyl groups is 4. The molecule has 2 heterocycles. The fourth-order valence-electron chi connectivity index (χ4n) is 2.18.